The van der Waals surface area contributed by atoms with Crippen LogP contribution in [0.5, 0.6) is 0 Å². The van der Waals surface area contributed by atoms with Gasteiger partial charge in [-0.2, -0.15) is 4.98 Å². The standard InChI is InChI=1S/C12H12N4O4/c1-6-8(12(18)19)3-4-9(14-6)11(17)13-5-10-15-7(2)16-20-10/h3-4H,5H2,1-2H3,(H,13,17)(H,18,19). The van der Waals surface area contributed by atoms with Gasteiger partial charge in [-0.3, -0.25) is 4.79 Å². The van der Waals surface area contributed by atoms with E-state index in [4.69, 9.17) is 9.63 Å². The number of hydrogen-bond donors (Lipinski definition) is 2. The average molecular weight is 276 g/mol. The van der Waals surface area contributed by atoms with Crippen LogP contribution in [-0.4, -0.2) is 32.1 Å². The van der Waals surface area contributed by atoms with Crippen molar-refractivity contribution in [2.24, 2.45) is 0 Å². The Morgan fingerprint density at radius 3 is 2.60 bits per heavy atom. The van der Waals surface area contributed by atoms with Crippen LogP contribution in [0.15, 0.2) is 16.7 Å². The third-order valence-corrected chi connectivity index (χ3v) is 2.52. The van der Waals surface area contributed by atoms with E-state index in [1.165, 1.54) is 19.1 Å². The van der Waals surface area contributed by atoms with Gasteiger partial charge < -0.3 is 14.9 Å². The molecule has 0 saturated heterocycles. The lowest BCUT2D eigenvalue weighted by molar-refractivity contribution is 0.0694. The van der Waals surface area contributed by atoms with Crippen molar-refractivity contribution in [2.75, 3.05) is 0 Å². The van der Waals surface area contributed by atoms with E-state index in [1.807, 2.05) is 0 Å². The van der Waals surface area contributed by atoms with Crippen molar-refractivity contribution in [2.45, 2.75) is 20.4 Å². The second-order valence-corrected chi connectivity index (χ2v) is 4.05. The minimum Gasteiger partial charge on any atom is -0.478 e. The number of nitrogens with one attached hydrogen (secondary N) is 1. The molecule has 2 N–H and O–H groups in total. The Kier molecular flexibility index (Phi) is 3.74. The van der Waals surface area contributed by atoms with Crippen molar-refractivity contribution < 1.29 is 19.2 Å². The van der Waals surface area contributed by atoms with Gasteiger partial charge >= 0.3 is 5.97 Å². The summed E-state index contributed by atoms with van der Waals surface area (Å²) in [5, 5.41) is 15.0. The molecular weight excluding hydrogens is 264 g/mol. The molecule has 0 unspecified atom stereocenters. The summed E-state index contributed by atoms with van der Waals surface area (Å²) >= 11 is 0. The fourth-order valence-corrected chi connectivity index (χ4v) is 1.57. The van der Waals surface area contributed by atoms with Gasteiger partial charge in [0.15, 0.2) is 5.82 Å². The van der Waals surface area contributed by atoms with Crippen LogP contribution < -0.4 is 5.32 Å². The Bertz CT molecular complexity index is 665. The Morgan fingerprint density at radius 2 is 2.05 bits per heavy atom. The summed E-state index contributed by atoms with van der Waals surface area (Å²) in [5.41, 5.74) is 0.469. The molecule has 0 spiro atoms. The number of carbonyl (C=O) groups is 2. The molecule has 2 rings (SSSR count). The molecule has 0 fully saturated rings. The molecule has 2 aromatic heterocycles. The van der Waals surface area contributed by atoms with Gasteiger partial charge in [0.2, 0.25) is 5.89 Å². The maximum atomic E-state index is 11.8. The quantitative estimate of drug-likeness (QED) is 0.844. The average Bonchev–Trinajstić information content (AvgIpc) is 2.81. The summed E-state index contributed by atoms with van der Waals surface area (Å²) in [7, 11) is 0. The molecular formula is C12H12N4O4. The second-order valence-electron chi connectivity index (χ2n) is 4.05. The maximum absolute atomic E-state index is 11.8. The zero-order valence-electron chi connectivity index (χ0n) is 10.9. The molecule has 2 heterocycles. The number of aromatic nitrogens is 3. The first kappa shape index (κ1) is 13.7. The van der Waals surface area contributed by atoms with Gasteiger partial charge in [0.25, 0.3) is 5.91 Å². The van der Waals surface area contributed by atoms with E-state index in [-0.39, 0.29) is 29.4 Å². The fourth-order valence-electron chi connectivity index (χ4n) is 1.57. The van der Waals surface area contributed by atoms with Gasteiger partial charge in [-0.05, 0) is 26.0 Å². The molecule has 8 heteroatoms. The summed E-state index contributed by atoms with van der Waals surface area (Å²) in [6, 6.07) is 2.70. The zero-order chi connectivity index (χ0) is 14.7. The van der Waals surface area contributed by atoms with Crippen LogP contribution in [-0.2, 0) is 6.54 Å². The first-order valence-corrected chi connectivity index (χ1v) is 5.75. The molecule has 2 aromatic rings. The molecule has 0 bridgehead atoms. The van der Waals surface area contributed by atoms with Crippen LogP contribution in [0.4, 0.5) is 0 Å². The Labute approximate surface area is 113 Å². The Morgan fingerprint density at radius 1 is 1.30 bits per heavy atom. The molecule has 0 atom stereocenters. The number of aryl methyl sites for hydroxylation is 2. The van der Waals surface area contributed by atoms with E-state index in [0.29, 0.717) is 5.82 Å². The van der Waals surface area contributed by atoms with Gasteiger partial charge in [-0.1, -0.05) is 5.16 Å². The smallest absolute Gasteiger partial charge is 0.337 e. The number of pyridine rings is 1. The van der Waals surface area contributed by atoms with Crippen LogP contribution in [0, 0.1) is 13.8 Å². The minimum absolute atomic E-state index is 0.0640. The van der Waals surface area contributed by atoms with E-state index in [9.17, 15) is 9.59 Å². The first-order chi connectivity index (χ1) is 9.47. The number of rotatable bonds is 4. The molecule has 0 aliphatic heterocycles. The SMILES string of the molecule is Cc1noc(CNC(=O)c2ccc(C(=O)O)c(C)n2)n1. The largest absolute Gasteiger partial charge is 0.478 e. The van der Waals surface area contributed by atoms with E-state index in [0.717, 1.165) is 0 Å². The zero-order valence-corrected chi connectivity index (χ0v) is 10.9. The minimum atomic E-state index is -1.08. The number of hydrogen-bond acceptors (Lipinski definition) is 6. The van der Waals surface area contributed by atoms with Crippen molar-refractivity contribution in [3.05, 3.63) is 40.8 Å². The van der Waals surface area contributed by atoms with Crippen molar-refractivity contribution in [1.82, 2.24) is 20.4 Å². The molecule has 104 valence electrons. The molecule has 0 saturated carbocycles. The Hall–Kier alpha value is -2.77. The molecule has 0 aromatic carbocycles. The predicted molar refractivity (Wildman–Crippen MR) is 66.1 cm³/mol. The van der Waals surface area contributed by atoms with Gasteiger partial charge in [0.05, 0.1) is 17.8 Å². The third-order valence-electron chi connectivity index (χ3n) is 2.52. The van der Waals surface area contributed by atoms with Crippen LogP contribution >= 0.6 is 0 Å². The normalized spacial score (nSPS) is 10.3. The van der Waals surface area contributed by atoms with Crippen LogP contribution in [0.2, 0.25) is 0 Å². The van der Waals surface area contributed by atoms with Crippen molar-refractivity contribution in [3.63, 3.8) is 0 Å². The van der Waals surface area contributed by atoms with Crippen molar-refractivity contribution >= 4 is 11.9 Å². The van der Waals surface area contributed by atoms with E-state index < -0.39 is 11.9 Å². The Balaban J connectivity index is 2.06. The summed E-state index contributed by atoms with van der Waals surface area (Å²) in [4.78, 5) is 30.6. The summed E-state index contributed by atoms with van der Waals surface area (Å²) < 4.78 is 4.85. The van der Waals surface area contributed by atoms with E-state index >= 15 is 0 Å². The number of carboxylic acids is 1. The van der Waals surface area contributed by atoms with Crippen molar-refractivity contribution in [1.29, 1.82) is 0 Å². The predicted octanol–water partition coefficient (Wildman–Crippen LogP) is 0.710. The van der Waals surface area contributed by atoms with Crippen LogP contribution in [0.1, 0.15) is 38.3 Å². The molecule has 0 aliphatic rings. The van der Waals surface area contributed by atoms with Gasteiger partial charge in [0.1, 0.15) is 5.69 Å². The maximum Gasteiger partial charge on any atom is 0.337 e. The molecule has 0 radical (unpaired) electrons. The van der Waals surface area contributed by atoms with Crippen LogP contribution in [0.25, 0.3) is 0 Å². The summed E-state index contributed by atoms with van der Waals surface area (Å²) in [6.45, 7) is 3.28. The first-order valence-electron chi connectivity index (χ1n) is 5.75. The molecule has 20 heavy (non-hydrogen) atoms. The summed E-state index contributed by atoms with van der Waals surface area (Å²) in [5.74, 6) is -0.757. The number of carbonyl (C=O) groups excluding carboxylic acids is 1. The lowest BCUT2D eigenvalue weighted by atomic mass is 10.2. The lowest BCUT2D eigenvalue weighted by Crippen LogP contribution is -2.24. The highest BCUT2D eigenvalue weighted by molar-refractivity contribution is 5.94. The van der Waals surface area contributed by atoms with Gasteiger partial charge in [-0.15, -0.1) is 0 Å². The molecule has 0 aliphatic carbocycles. The third kappa shape index (κ3) is 2.97. The highest BCUT2D eigenvalue weighted by Gasteiger charge is 2.13. The topological polar surface area (TPSA) is 118 Å². The summed E-state index contributed by atoms with van der Waals surface area (Å²) in [6.07, 6.45) is 0. The van der Waals surface area contributed by atoms with Crippen LogP contribution in [0.3, 0.4) is 0 Å². The monoisotopic (exact) mass is 276 g/mol. The van der Waals surface area contributed by atoms with E-state index in [2.05, 4.69) is 20.4 Å². The second kappa shape index (κ2) is 5.47. The number of nitrogens with zero attached hydrogens (tertiary/aromatic N) is 3. The number of amides is 1. The number of carboxylic acid groups (broad SMARTS) is 1. The highest BCUT2D eigenvalue weighted by Crippen LogP contribution is 2.07. The van der Waals surface area contributed by atoms with Gasteiger partial charge in [0, 0.05) is 0 Å². The molecule has 8 nitrogen and oxygen atoms in total. The van der Waals surface area contributed by atoms with Crippen molar-refractivity contribution in [3.8, 4) is 0 Å². The lowest BCUT2D eigenvalue weighted by Gasteiger charge is -2.04. The highest BCUT2D eigenvalue weighted by atomic mass is 16.5. The van der Waals surface area contributed by atoms with Gasteiger partial charge in [-0.25, -0.2) is 9.78 Å². The fraction of sp³-hybridized carbons (Fsp3) is 0.250. The van der Waals surface area contributed by atoms with E-state index in [1.54, 1.807) is 6.92 Å². The molecule has 1 amide bonds. The number of aromatic carboxylic acids is 1.